The van der Waals surface area contributed by atoms with Gasteiger partial charge in [-0.05, 0) is 44.9 Å². The molecule has 0 aliphatic heterocycles. The lowest BCUT2D eigenvalue weighted by molar-refractivity contribution is -0.305. The molecule has 10 heteroatoms. The Hall–Kier alpha value is -3.56. The largest absolute Gasteiger partial charge is 0.550 e. The number of carboxylic acids is 1. The number of fused-ring (bicyclic) bond motifs is 1. The van der Waals surface area contributed by atoms with E-state index in [4.69, 9.17) is 13.9 Å². The van der Waals surface area contributed by atoms with E-state index in [1.165, 1.54) is 0 Å². The molecular weight excluding hydrogens is 384 g/mol. The molecule has 10 nitrogen and oxygen atoms in total. The molecule has 0 saturated heterocycles. The SMILES string of the molecule is CCOC(=O)c1c(C)oc2ccc(OCC(=O)NNC(=O)CCCC(=O)[O-])cc12. The highest BCUT2D eigenvalue weighted by Gasteiger charge is 2.20. The summed E-state index contributed by atoms with van der Waals surface area (Å²) in [7, 11) is 0. The molecule has 0 saturated carbocycles. The standard InChI is InChI=1S/C19H22N2O8/c1-3-27-19(26)18-11(2)29-14-8-7-12(9-13(14)18)28-10-16(23)21-20-15(22)5-4-6-17(24)25/h7-9H,3-6,10H2,1-2H3,(H,20,22)(H,21,23)(H,24,25)/p-1. The van der Waals surface area contributed by atoms with Gasteiger partial charge in [0, 0.05) is 17.8 Å². The third kappa shape index (κ3) is 6.23. The van der Waals surface area contributed by atoms with Crippen LogP contribution in [0.5, 0.6) is 5.75 Å². The van der Waals surface area contributed by atoms with Gasteiger partial charge in [-0.2, -0.15) is 0 Å². The molecule has 0 radical (unpaired) electrons. The van der Waals surface area contributed by atoms with Crippen LogP contribution in [0.2, 0.25) is 0 Å². The zero-order chi connectivity index (χ0) is 21.4. The maximum Gasteiger partial charge on any atom is 0.342 e. The first-order valence-corrected chi connectivity index (χ1v) is 8.92. The van der Waals surface area contributed by atoms with E-state index in [9.17, 15) is 24.3 Å². The second-order valence-electron chi connectivity index (χ2n) is 6.02. The lowest BCUT2D eigenvalue weighted by atomic mass is 10.1. The Kier molecular flexibility index (Phi) is 7.58. The van der Waals surface area contributed by atoms with Crippen LogP contribution in [-0.2, 0) is 19.1 Å². The van der Waals surface area contributed by atoms with Crippen LogP contribution in [0.3, 0.4) is 0 Å². The molecule has 2 amide bonds. The highest BCUT2D eigenvalue weighted by Crippen LogP contribution is 2.29. The molecule has 1 aromatic heterocycles. The number of hydrogen-bond acceptors (Lipinski definition) is 8. The Morgan fingerprint density at radius 3 is 2.52 bits per heavy atom. The van der Waals surface area contributed by atoms with Crippen LogP contribution < -0.4 is 20.7 Å². The number of nitrogens with one attached hydrogen (secondary N) is 2. The Morgan fingerprint density at radius 2 is 1.83 bits per heavy atom. The molecule has 156 valence electrons. The summed E-state index contributed by atoms with van der Waals surface area (Å²) in [6.07, 6.45) is -0.204. The topological polar surface area (TPSA) is 147 Å². The van der Waals surface area contributed by atoms with Crippen molar-refractivity contribution in [3.05, 3.63) is 29.5 Å². The van der Waals surface area contributed by atoms with E-state index in [-0.39, 0.29) is 25.9 Å². The first kappa shape index (κ1) is 21.7. The van der Waals surface area contributed by atoms with Crippen molar-refractivity contribution in [3.63, 3.8) is 0 Å². The van der Waals surface area contributed by atoms with E-state index in [1.807, 2.05) is 0 Å². The number of aliphatic carboxylic acids is 1. The van der Waals surface area contributed by atoms with E-state index in [1.54, 1.807) is 32.0 Å². The highest BCUT2D eigenvalue weighted by atomic mass is 16.5. The van der Waals surface area contributed by atoms with Gasteiger partial charge in [-0.15, -0.1) is 0 Å². The number of hydrazine groups is 1. The predicted octanol–water partition coefficient (Wildman–Crippen LogP) is 0.364. The number of benzene rings is 1. The maximum absolute atomic E-state index is 12.1. The fourth-order valence-electron chi connectivity index (χ4n) is 2.53. The molecule has 0 unspecified atom stereocenters. The highest BCUT2D eigenvalue weighted by molar-refractivity contribution is 6.04. The molecule has 0 aliphatic rings. The average Bonchev–Trinajstić information content (AvgIpc) is 2.99. The zero-order valence-corrected chi connectivity index (χ0v) is 16.0. The maximum atomic E-state index is 12.1. The summed E-state index contributed by atoms with van der Waals surface area (Å²) in [5.41, 5.74) is 5.08. The molecule has 1 heterocycles. The number of esters is 1. The third-order valence-electron chi connectivity index (χ3n) is 3.81. The molecule has 0 fully saturated rings. The van der Waals surface area contributed by atoms with Crippen molar-refractivity contribution in [2.24, 2.45) is 0 Å². The van der Waals surface area contributed by atoms with Crippen LogP contribution >= 0.6 is 0 Å². The smallest absolute Gasteiger partial charge is 0.342 e. The molecule has 2 N–H and O–H groups in total. The van der Waals surface area contributed by atoms with Crippen molar-refractivity contribution in [2.75, 3.05) is 13.2 Å². The third-order valence-corrected chi connectivity index (χ3v) is 3.81. The Morgan fingerprint density at radius 1 is 1.10 bits per heavy atom. The van der Waals surface area contributed by atoms with Crippen molar-refractivity contribution in [1.82, 2.24) is 10.9 Å². The number of carbonyl (C=O) groups excluding carboxylic acids is 4. The molecule has 0 spiro atoms. The molecule has 0 bridgehead atoms. The number of amides is 2. The van der Waals surface area contributed by atoms with Gasteiger partial charge in [0.1, 0.15) is 22.7 Å². The van der Waals surface area contributed by atoms with Crippen molar-refractivity contribution >= 4 is 34.7 Å². The summed E-state index contributed by atoms with van der Waals surface area (Å²) in [5, 5.41) is 10.8. The Labute approximate surface area is 166 Å². The fraction of sp³-hybridized carbons (Fsp3) is 0.368. The first-order valence-electron chi connectivity index (χ1n) is 8.92. The molecule has 2 aromatic rings. The summed E-state index contributed by atoms with van der Waals surface area (Å²) in [6, 6.07) is 4.74. The second kappa shape index (κ2) is 10.1. The van der Waals surface area contributed by atoms with E-state index < -0.39 is 30.4 Å². The number of rotatable bonds is 9. The second-order valence-corrected chi connectivity index (χ2v) is 6.02. The normalized spacial score (nSPS) is 10.4. The first-order chi connectivity index (χ1) is 13.8. The van der Waals surface area contributed by atoms with E-state index in [2.05, 4.69) is 10.9 Å². The lowest BCUT2D eigenvalue weighted by Gasteiger charge is -2.09. The average molecular weight is 405 g/mol. The summed E-state index contributed by atoms with van der Waals surface area (Å²) < 4.78 is 15.9. The van der Waals surface area contributed by atoms with Crippen LogP contribution in [0, 0.1) is 6.92 Å². The Bertz CT molecular complexity index is 918. The minimum absolute atomic E-state index is 0.0672. The van der Waals surface area contributed by atoms with Crippen molar-refractivity contribution < 1.29 is 38.2 Å². The van der Waals surface area contributed by atoms with Crippen LogP contribution in [0.1, 0.15) is 42.3 Å². The van der Waals surface area contributed by atoms with Gasteiger partial charge in [0.05, 0.1) is 6.61 Å². The van der Waals surface area contributed by atoms with Gasteiger partial charge in [-0.25, -0.2) is 4.79 Å². The Balaban J connectivity index is 1.91. The summed E-state index contributed by atoms with van der Waals surface area (Å²) in [5.74, 6) is -2.18. The minimum Gasteiger partial charge on any atom is -0.550 e. The van der Waals surface area contributed by atoms with Gasteiger partial charge in [-0.1, -0.05) is 0 Å². The lowest BCUT2D eigenvalue weighted by Crippen LogP contribution is -2.43. The quantitative estimate of drug-likeness (QED) is 0.449. The van der Waals surface area contributed by atoms with Crippen molar-refractivity contribution in [1.29, 1.82) is 0 Å². The monoisotopic (exact) mass is 405 g/mol. The van der Waals surface area contributed by atoms with Gasteiger partial charge >= 0.3 is 5.97 Å². The van der Waals surface area contributed by atoms with Gasteiger partial charge in [0.15, 0.2) is 6.61 Å². The van der Waals surface area contributed by atoms with E-state index in [0.29, 0.717) is 28.0 Å². The molecule has 0 aliphatic carbocycles. The predicted molar refractivity (Wildman–Crippen MR) is 97.5 cm³/mol. The molecule has 1 aromatic carbocycles. The fourth-order valence-corrected chi connectivity index (χ4v) is 2.53. The van der Waals surface area contributed by atoms with Crippen LogP contribution in [0.4, 0.5) is 0 Å². The molecule has 2 rings (SSSR count). The van der Waals surface area contributed by atoms with Gasteiger partial charge in [-0.3, -0.25) is 20.4 Å². The number of aryl methyl sites for hydroxylation is 1. The number of carboxylic acid groups (broad SMARTS) is 1. The van der Waals surface area contributed by atoms with E-state index >= 15 is 0 Å². The van der Waals surface area contributed by atoms with Crippen molar-refractivity contribution in [2.45, 2.75) is 33.1 Å². The van der Waals surface area contributed by atoms with Gasteiger partial charge in [0.2, 0.25) is 5.91 Å². The van der Waals surface area contributed by atoms with Crippen LogP contribution in [0.15, 0.2) is 22.6 Å². The van der Waals surface area contributed by atoms with Crippen LogP contribution in [0.25, 0.3) is 11.0 Å². The summed E-state index contributed by atoms with van der Waals surface area (Å²) >= 11 is 0. The molecule has 0 atom stereocenters. The summed E-state index contributed by atoms with van der Waals surface area (Å²) in [6.45, 7) is 3.18. The van der Waals surface area contributed by atoms with Crippen molar-refractivity contribution in [3.8, 4) is 5.75 Å². The van der Waals surface area contributed by atoms with Crippen LogP contribution in [-0.4, -0.2) is 37.0 Å². The number of carbonyl (C=O) groups is 4. The van der Waals surface area contributed by atoms with E-state index in [0.717, 1.165) is 0 Å². The summed E-state index contributed by atoms with van der Waals surface area (Å²) in [4.78, 5) is 45.7. The van der Waals surface area contributed by atoms with Gasteiger partial charge < -0.3 is 23.8 Å². The zero-order valence-electron chi connectivity index (χ0n) is 16.0. The number of ether oxygens (including phenoxy) is 2. The number of hydrogen-bond donors (Lipinski definition) is 2. The number of furan rings is 1. The molecule has 29 heavy (non-hydrogen) atoms. The van der Waals surface area contributed by atoms with Gasteiger partial charge in [0.25, 0.3) is 5.91 Å². The molecular formula is C19H21N2O8-. The minimum atomic E-state index is -1.24.